The van der Waals surface area contributed by atoms with Gasteiger partial charge in [0.05, 0.1) is 41.1 Å². The van der Waals surface area contributed by atoms with Crippen molar-refractivity contribution < 1.29 is 24.1 Å². The number of benzene rings is 2. The van der Waals surface area contributed by atoms with Crippen LogP contribution in [-0.2, 0) is 13.0 Å². The number of ether oxygens (including phenoxy) is 4. The number of aliphatic hydroxyl groups is 1. The van der Waals surface area contributed by atoms with Crippen molar-refractivity contribution in [2.24, 2.45) is 4.99 Å². The summed E-state index contributed by atoms with van der Waals surface area (Å²) in [5.74, 6) is 3.49. The number of hydrogen-bond donors (Lipinski definition) is 2. The maximum absolute atomic E-state index is 10.8. The van der Waals surface area contributed by atoms with E-state index < -0.39 is 6.10 Å². The lowest BCUT2D eigenvalue weighted by Crippen LogP contribution is -2.44. The third-order valence-corrected chi connectivity index (χ3v) is 5.53. The fourth-order valence-electron chi connectivity index (χ4n) is 3.79. The third-order valence-electron chi connectivity index (χ3n) is 5.53. The Bertz CT molecular complexity index is 932. The summed E-state index contributed by atoms with van der Waals surface area (Å²) in [5, 5.41) is 14.1. The van der Waals surface area contributed by atoms with Crippen molar-refractivity contribution in [1.82, 2.24) is 10.2 Å². The van der Waals surface area contributed by atoms with Gasteiger partial charge in [0.25, 0.3) is 0 Å². The molecule has 0 saturated carbocycles. The van der Waals surface area contributed by atoms with Crippen LogP contribution in [0.5, 0.6) is 23.0 Å². The van der Waals surface area contributed by atoms with Gasteiger partial charge >= 0.3 is 0 Å². The Morgan fingerprint density at radius 1 is 0.970 bits per heavy atom. The molecule has 0 radical (unpaired) electrons. The quantitative estimate of drug-likeness (QED) is 0.286. The molecule has 2 aromatic rings. The van der Waals surface area contributed by atoms with Gasteiger partial charge in [-0.15, -0.1) is 24.0 Å². The van der Waals surface area contributed by atoms with Gasteiger partial charge in [-0.3, -0.25) is 4.99 Å². The zero-order valence-corrected chi connectivity index (χ0v) is 22.2. The predicted octanol–water partition coefficient (Wildman–Crippen LogP) is 3.40. The summed E-state index contributed by atoms with van der Waals surface area (Å²) in [4.78, 5) is 6.91. The lowest BCUT2D eigenvalue weighted by Gasteiger charge is -2.32. The minimum Gasteiger partial charge on any atom is -0.497 e. The SMILES string of the molecule is CCNC(=NCC(O)c1cc(OC)cc(OC)c1)N1CCc2cc(OC)c(OC)cc2C1.I. The summed E-state index contributed by atoms with van der Waals surface area (Å²) in [5.41, 5.74) is 3.12. The molecule has 0 aliphatic carbocycles. The van der Waals surface area contributed by atoms with Crippen LogP contribution >= 0.6 is 24.0 Å². The Morgan fingerprint density at radius 2 is 1.58 bits per heavy atom. The van der Waals surface area contributed by atoms with E-state index in [9.17, 15) is 5.11 Å². The minimum absolute atomic E-state index is 0. The van der Waals surface area contributed by atoms with E-state index in [1.54, 1.807) is 46.6 Å². The van der Waals surface area contributed by atoms with Gasteiger partial charge < -0.3 is 34.3 Å². The number of aliphatic imine (C=N–C) groups is 1. The average molecular weight is 571 g/mol. The molecule has 0 bridgehead atoms. The Hall–Kier alpha value is -2.40. The van der Waals surface area contributed by atoms with Gasteiger partial charge in [0, 0.05) is 25.7 Å². The summed E-state index contributed by atoms with van der Waals surface area (Å²) >= 11 is 0. The van der Waals surface area contributed by atoms with E-state index in [1.165, 1.54) is 11.1 Å². The first kappa shape index (κ1) is 26.8. The van der Waals surface area contributed by atoms with Crippen molar-refractivity contribution in [3.05, 3.63) is 47.0 Å². The van der Waals surface area contributed by atoms with Crippen molar-refractivity contribution >= 4 is 29.9 Å². The normalized spacial score (nSPS) is 14.0. The first-order valence-corrected chi connectivity index (χ1v) is 10.7. The molecule has 2 aromatic carbocycles. The molecule has 1 unspecified atom stereocenters. The smallest absolute Gasteiger partial charge is 0.194 e. The molecular formula is C24H34IN3O5. The number of nitrogens with zero attached hydrogens (tertiary/aromatic N) is 2. The van der Waals surface area contributed by atoms with Crippen molar-refractivity contribution in [1.29, 1.82) is 0 Å². The van der Waals surface area contributed by atoms with Crippen LogP contribution in [0.1, 0.15) is 29.7 Å². The number of halogens is 1. The first-order chi connectivity index (χ1) is 15.5. The number of guanidine groups is 1. The van der Waals surface area contributed by atoms with Crippen LogP contribution < -0.4 is 24.3 Å². The number of methoxy groups -OCH3 is 4. The lowest BCUT2D eigenvalue weighted by atomic mass is 9.99. The zero-order valence-electron chi connectivity index (χ0n) is 19.9. The minimum atomic E-state index is -0.783. The van der Waals surface area contributed by atoms with Gasteiger partial charge in [-0.05, 0) is 54.3 Å². The maximum atomic E-state index is 10.8. The molecule has 0 saturated heterocycles. The number of rotatable bonds is 8. The Labute approximate surface area is 212 Å². The lowest BCUT2D eigenvalue weighted by molar-refractivity contribution is 0.185. The summed E-state index contributed by atoms with van der Waals surface area (Å²) in [6, 6.07) is 9.45. The molecule has 9 heteroatoms. The van der Waals surface area contributed by atoms with Crippen LogP contribution in [-0.4, -0.2) is 64.0 Å². The molecule has 1 aliphatic rings. The molecule has 0 fully saturated rings. The van der Waals surface area contributed by atoms with Crippen LogP contribution in [0.25, 0.3) is 0 Å². The van der Waals surface area contributed by atoms with Crippen molar-refractivity contribution in [3.63, 3.8) is 0 Å². The molecule has 0 aromatic heterocycles. The van der Waals surface area contributed by atoms with Crippen molar-refractivity contribution in [3.8, 4) is 23.0 Å². The topological polar surface area (TPSA) is 84.8 Å². The second-order valence-electron chi connectivity index (χ2n) is 7.50. The third kappa shape index (κ3) is 6.57. The number of aliphatic hydroxyl groups excluding tert-OH is 1. The Balaban J connectivity index is 0.00000385. The maximum Gasteiger partial charge on any atom is 0.194 e. The highest BCUT2D eigenvalue weighted by atomic mass is 127. The van der Waals surface area contributed by atoms with Gasteiger partial charge in [-0.2, -0.15) is 0 Å². The second kappa shape index (κ2) is 12.7. The highest BCUT2D eigenvalue weighted by Gasteiger charge is 2.22. The molecular weight excluding hydrogens is 537 g/mol. The molecule has 33 heavy (non-hydrogen) atoms. The number of fused-ring (bicyclic) bond motifs is 1. The summed E-state index contributed by atoms with van der Waals surface area (Å²) in [7, 11) is 6.47. The molecule has 182 valence electrons. The van der Waals surface area contributed by atoms with Crippen molar-refractivity contribution in [2.45, 2.75) is 26.0 Å². The number of hydrogen-bond acceptors (Lipinski definition) is 6. The van der Waals surface area contributed by atoms with E-state index in [4.69, 9.17) is 23.9 Å². The van der Waals surface area contributed by atoms with Gasteiger partial charge in [-0.25, -0.2) is 0 Å². The Kier molecular flexibility index (Phi) is 10.4. The van der Waals surface area contributed by atoms with E-state index in [0.717, 1.165) is 37.0 Å². The first-order valence-electron chi connectivity index (χ1n) is 10.7. The zero-order chi connectivity index (χ0) is 23.1. The highest BCUT2D eigenvalue weighted by molar-refractivity contribution is 14.0. The van der Waals surface area contributed by atoms with E-state index in [2.05, 4.69) is 16.3 Å². The van der Waals surface area contributed by atoms with Crippen LogP contribution in [0.3, 0.4) is 0 Å². The van der Waals surface area contributed by atoms with E-state index in [0.29, 0.717) is 23.6 Å². The van der Waals surface area contributed by atoms with Gasteiger partial charge in [-0.1, -0.05) is 0 Å². The molecule has 3 rings (SSSR count). The molecule has 1 aliphatic heterocycles. The van der Waals surface area contributed by atoms with Gasteiger partial charge in [0.2, 0.25) is 0 Å². The monoisotopic (exact) mass is 571 g/mol. The molecule has 1 atom stereocenters. The summed E-state index contributed by atoms with van der Waals surface area (Å²) < 4.78 is 21.5. The van der Waals surface area contributed by atoms with E-state index in [1.807, 2.05) is 13.0 Å². The van der Waals surface area contributed by atoms with E-state index >= 15 is 0 Å². The standard InChI is InChI=1S/C24H33N3O5.HI/c1-6-25-24(26-14-21(28)17-9-19(29-2)13-20(10-17)30-3)27-8-7-16-11-22(31-4)23(32-5)12-18(16)15-27;/h9-13,21,28H,6-8,14-15H2,1-5H3,(H,25,26);1H. The summed E-state index contributed by atoms with van der Waals surface area (Å²) in [6.45, 7) is 4.50. The van der Waals surface area contributed by atoms with Crippen LogP contribution in [0, 0.1) is 0 Å². The molecule has 2 N–H and O–H groups in total. The molecule has 0 amide bonds. The van der Waals surface area contributed by atoms with Gasteiger partial charge in [0.15, 0.2) is 17.5 Å². The van der Waals surface area contributed by atoms with Crippen LogP contribution in [0.15, 0.2) is 35.3 Å². The van der Waals surface area contributed by atoms with Crippen LogP contribution in [0.4, 0.5) is 0 Å². The predicted molar refractivity (Wildman–Crippen MR) is 140 cm³/mol. The van der Waals surface area contributed by atoms with Crippen molar-refractivity contribution in [2.75, 3.05) is 48.1 Å². The molecule has 8 nitrogen and oxygen atoms in total. The number of nitrogens with one attached hydrogen (secondary N) is 1. The molecule has 1 heterocycles. The van der Waals surface area contributed by atoms with E-state index in [-0.39, 0.29) is 30.5 Å². The average Bonchev–Trinajstić information content (AvgIpc) is 2.84. The molecule has 0 spiro atoms. The second-order valence-corrected chi connectivity index (χ2v) is 7.50. The van der Waals surface area contributed by atoms with Gasteiger partial charge in [0.1, 0.15) is 11.5 Å². The summed E-state index contributed by atoms with van der Waals surface area (Å²) in [6.07, 6.45) is 0.0875. The fourth-order valence-corrected chi connectivity index (χ4v) is 3.79. The largest absolute Gasteiger partial charge is 0.497 e. The highest BCUT2D eigenvalue weighted by Crippen LogP contribution is 2.33. The van der Waals surface area contributed by atoms with Crippen LogP contribution in [0.2, 0.25) is 0 Å². The Morgan fingerprint density at radius 3 is 2.12 bits per heavy atom. The fraction of sp³-hybridized carbons (Fsp3) is 0.458.